The van der Waals surface area contributed by atoms with E-state index in [-0.39, 0.29) is 5.41 Å². The molecule has 17 aromatic carbocycles. The van der Waals surface area contributed by atoms with Gasteiger partial charge in [0.15, 0.2) is 0 Å². The zero-order valence-electron chi connectivity index (χ0n) is 51.4. The lowest BCUT2D eigenvalue weighted by Gasteiger charge is -2.25. The summed E-state index contributed by atoms with van der Waals surface area (Å²) in [5.41, 5.74) is 23.3. The molecule has 1 aromatic heterocycles. The molecule has 0 N–H and O–H groups in total. The highest BCUT2D eigenvalue weighted by atomic mass is 16.5. The summed E-state index contributed by atoms with van der Waals surface area (Å²) in [6, 6.07) is 107. The Morgan fingerprint density at radius 3 is 1.18 bits per heavy atom. The number of benzene rings is 17. The number of hydrogen-bond donors (Lipinski definition) is 0. The van der Waals surface area contributed by atoms with Gasteiger partial charge < -0.3 is 13.9 Å². The van der Waals surface area contributed by atoms with E-state index in [1.165, 1.54) is 142 Å². The molecule has 3 heteroatoms. The summed E-state index contributed by atoms with van der Waals surface area (Å²) in [6.07, 6.45) is 0. The second-order valence-electron chi connectivity index (χ2n) is 26.5. The molecule has 0 saturated carbocycles. The van der Waals surface area contributed by atoms with E-state index in [1.807, 2.05) is 0 Å². The molecular formula is C91H54O3. The molecule has 3 heterocycles. The quantitative estimate of drug-likeness (QED) is 0.161. The van der Waals surface area contributed by atoms with Crippen LogP contribution in [0.1, 0.15) is 25.0 Å². The highest BCUT2D eigenvalue weighted by molar-refractivity contribution is 6.24. The summed E-state index contributed by atoms with van der Waals surface area (Å²) < 4.78 is 20.4. The zero-order valence-corrected chi connectivity index (χ0v) is 51.4. The number of fused-ring (bicyclic) bond motifs is 15. The van der Waals surface area contributed by atoms with E-state index in [0.717, 1.165) is 78.1 Å². The number of hydrogen-bond acceptors (Lipinski definition) is 3. The van der Waals surface area contributed by atoms with Crippen molar-refractivity contribution in [2.45, 2.75) is 19.3 Å². The van der Waals surface area contributed by atoms with E-state index in [9.17, 15) is 0 Å². The van der Waals surface area contributed by atoms with Crippen LogP contribution in [-0.2, 0) is 5.41 Å². The minimum atomic E-state index is -0.280. The van der Waals surface area contributed by atoms with Crippen LogP contribution in [0.5, 0.6) is 23.0 Å². The third kappa shape index (κ3) is 7.21. The molecule has 21 rings (SSSR count). The van der Waals surface area contributed by atoms with Crippen molar-refractivity contribution < 1.29 is 13.9 Å². The van der Waals surface area contributed by atoms with Gasteiger partial charge in [0, 0.05) is 38.1 Å². The maximum Gasteiger partial charge on any atom is 0.136 e. The summed E-state index contributed by atoms with van der Waals surface area (Å²) >= 11 is 0. The summed E-state index contributed by atoms with van der Waals surface area (Å²) in [6.45, 7) is 4.81. The maximum absolute atomic E-state index is 7.12. The highest BCUT2D eigenvalue weighted by Crippen LogP contribution is 2.56. The van der Waals surface area contributed by atoms with E-state index in [2.05, 4.69) is 305 Å². The van der Waals surface area contributed by atoms with Gasteiger partial charge in [0.05, 0.1) is 0 Å². The molecule has 3 aliphatic rings. The third-order valence-electron chi connectivity index (χ3n) is 21.2. The lowest BCUT2D eigenvalue weighted by Crippen LogP contribution is -2.15. The fraction of sp³-hybridized carbons (Fsp3) is 0.0330. The Labute approximate surface area is 541 Å². The lowest BCUT2D eigenvalue weighted by atomic mass is 9.79. The minimum Gasteiger partial charge on any atom is -0.456 e. The first-order valence-electron chi connectivity index (χ1n) is 32.6. The van der Waals surface area contributed by atoms with Gasteiger partial charge in [-0.05, 0) is 226 Å². The van der Waals surface area contributed by atoms with Gasteiger partial charge in [0.25, 0.3) is 0 Å². The Hall–Kier alpha value is -12.0. The Kier molecular flexibility index (Phi) is 10.5. The van der Waals surface area contributed by atoms with Crippen molar-refractivity contribution in [3.05, 3.63) is 302 Å². The largest absolute Gasteiger partial charge is 0.456 e. The van der Waals surface area contributed by atoms with E-state index in [0.29, 0.717) is 0 Å². The Balaban J connectivity index is 0.633. The fourth-order valence-corrected chi connectivity index (χ4v) is 16.9. The SMILES string of the molecule is CC1(C)c2cc(-c3c4ccccc4c(-c4ccc5c(c4)Oc4cccc6cccc-5c46)c4ccccc34)ccc2-c2ccc(-c3ccc4c5c(cccc35)-c3ccc(-c5c6ccccc6c(-c6ccc7oc8cc9ccccc9cc8c7c6)c6ccccc56)cc3O4)cc21. The first-order valence-corrected chi connectivity index (χ1v) is 32.6. The van der Waals surface area contributed by atoms with Crippen LogP contribution >= 0.6 is 0 Å². The Bertz CT molecular complexity index is 6330. The van der Waals surface area contributed by atoms with Gasteiger partial charge in [0.1, 0.15) is 34.2 Å². The summed E-state index contributed by atoms with van der Waals surface area (Å²) in [5.74, 6) is 3.51. The van der Waals surface area contributed by atoms with Gasteiger partial charge in [-0.15, -0.1) is 0 Å². The summed E-state index contributed by atoms with van der Waals surface area (Å²) in [7, 11) is 0. The van der Waals surface area contributed by atoms with Gasteiger partial charge in [-0.1, -0.05) is 232 Å². The predicted molar refractivity (Wildman–Crippen MR) is 392 cm³/mol. The van der Waals surface area contributed by atoms with Gasteiger partial charge >= 0.3 is 0 Å². The van der Waals surface area contributed by atoms with Gasteiger partial charge in [0.2, 0.25) is 0 Å². The molecular weight excluding hydrogens is 1140 g/mol. The van der Waals surface area contributed by atoms with Crippen LogP contribution in [0.2, 0.25) is 0 Å². The molecule has 2 aliphatic heterocycles. The molecule has 0 amide bonds. The van der Waals surface area contributed by atoms with E-state index >= 15 is 0 Å². The van der Waals surface area contributed by atoms with Crippen LogP contribution in [0.4, 0.5) is 0 Å². The first-order chi connectivity index (χ1) is 46.3. The van der Waals surface area contributed by atoms with Crippen molar-refractivity contribution in [3.63, 3.8) is 0 Å². The van der Waals surface area contributed by atoms with E-state index < -0.39 is 0 Å². The van der Waals surface area contributed by atoms with Gasteiger partial charge in [-0.25, -0.2) is 0 Å². The molecule has 0 spiro atoms. The first kappa shape index (κ1) is 51.7. The molecule has 0 unspecified atom stereocenters. The average molecular weight is 1200 g/mol. The van der Waals surface area contributed by atoms with Crippen molar-refractivity contribution in [3.8, 4) is 112 Å². The summed E-state index contributed by atoms with van der Waals surface area (Å²) in [5, 5.41) is 19.0. The molecule has 18 aromatic rings. The van der Waals surface area contributed by atoms with Crippen molar-refractivity contribution in [2.24, 2.45) is 0 Å². The van der Waals surface area contributed by atoms with Crippen molar-refractivity contribution in [2.75, 3.05) is 0 Å². The molecule has 0 fully saturated rings. The van der Waals surface area contributed by atoms with Crippen molar-refractivity contribution >= 4 is 97.3 Å². The molecule has 0 atom stereocenters. The van der Waals surface area contributed by atoms with Gasteiger partial charge in [-0.3, -0.25) is 0 Å². The topological polar surface area (TPSA) is 31.6 Å². The Morgan fingerprint density at radius 1 is 0.223 bits per heavy atom. The van der Waals surface area contributed by atoms with Crippen LogP contribution in [0.15, 0.2) is 296 Å². The number of furan rings is 1. The van der Waals surface area contributed by atoms with Crippen LogP contribution in [-0.4, -0.2) is 0 Å². The second kappa shape index (κ2) is 19.0. The lowest BCUT2D eigenvalue weighted by molar-refractivity contribution is 0.487. The molecule has 3 nitrogen and oxygen atoms in total. The van der Waals surface area contributed by atoms with Crippen LogP contribution in [0.25, 0.3) is 186 Å². The molecule has 0 radical (unpaired) electrons. The van der Waals surface area contributed by atoms with Crippen LogP contribution < -0.4 is 9.47 Å². The smallest absolute Gasteiger partial charge is 0.136 e. The number of ether oxygens (including phenoxy) is 2. The predicted octanol–water partition coefficient (Wildman–Crippen LogP) is 25.8. The second-order valence-corrected chi connectivity index (χ2v) is 26.5. The summed E-state index contributed by atoms with van der Waals surface area (Å²) in [4.78, 5) is 0. The van der Waals surface area contributed by atoms with E-state index in [1.54, 1.807) is 0 Å². The molecule has 0 bridgehead atoms. The Morgan fingerprint density at radius 2 is 0.617 bits per heavy atom. The van der Waals surface area contributed by atoms with Crippen molar-refractivity contribution in [1.29, 1.82) is 0 Å². The molecule has 0 saturated heterocycles. The number of rotatable bonds is 5. The van der Waals surface area contributed by atoms with E-state index in [4.69, 9.17) is 13.9 Å². The molecule has 1 aliphatic carbocycles. The standard InChI is InChI=1S/C91H54O3/c1-91(2)77-46-54(32-37-60(77)61-38-33-56(47-78(61)91)86-69-22-7-11-26-73(69)88(74-27-12-8-23-70(74)86)57-34-39-62-65-28-13-18-51-19-14-31-80(89(51)65)93-82(62)49-57)59-41-43-81-90-64(59)29-15-30-66(90)63-40-35-58(50-83(63)94-81)87-71-24-9-5-20-67(71)85(68-21-6-10-25-72(68)87)55-36-42-79-75(45-55)76-44-52-16-3-4-17-53(52)48-84(76)92-79/h3-50H,1-2H3. The minimum absolute atomic E-state index is 0.280. The monoisotopic (exact) mass is 1190 g/mol. The molecule has 436 valence electrons. The van der Waals surface area contributed by atoms with Gasteiger partial charge in [-0.2, -0.15) is 0 Å². The average Bonchev–Trinajstić information content (AvgIpc) is 1.54. The van der Waals surface area contributed by atoms with Crippen LogP contribution in [0.3, 0.4) is 0 Å². The van der Waals surface area contributed by atoms with Crippen molar-refractivity contribution in [1.82, 2.24) is 0 Å². The zero-order chi connectivity index (χ0) is 61.7. The van der Waals surface area contributed by atoms with Crippen LogP contribution in [0, 0.1) is 0 Å². The molecule has 94 heavy (non-hydrogen) atoms. The maximum atomic E-state index is 7.12. The highest BCUT2D eigenvalue weighted by Gasteiger charge is 2.37. The normalized spacial score (nSPS) is 13.3. The fourth-order valence-electron chi connectivity index (χ4n) is 16.9. The third-order valence-corrected chi connectivity index (χ3v) is 21.2.